The Morgan fingerprint density at radius 1 is 1.00 bits per heavy atom. The molecular formula is C20H29ClN2O. The van der Waals surface area contributed by atoms with Crippen molar-refractivity contribution < 1.29 is 4.74 Å². The monoisotopic (exact) mass is 348 g/mol. The van der Waals surface area contributed by atoms with Crippen molar-refractivity contribution >= 4 is 17.6 Å². The maximum absolute atomic E-state index is 6.25. The smallest absolute Gasteiger partial charge is 0.285 e. The van der Waals surface area contributed by atoms with E-state index in [1.54, 1.807) is 0 Å². The van der Waals surface area contributed by atoms with Crippen LogP contribution in [0, 0.1) is 0 Å². The Morgan fingerprint density at radius 2 is 1.67 bits per heavy atom. The van der Waals surface area contributed by atoms with Crippen LogP contribution in [0.3, 0.4) is 0 Å². The van der Waals surface area contributed by atoms with Crippen LogP contribution in [0.1, 0.15) is 69.8 Å². The minimum absolute atomic E-state index is 0.413. The first kappa shape index (κ1) is 17.6. The van der Waals surface area contributed by atoms with Crippen molar-refractivity contribution in [2.75, 3.05) is 0 Å². The van der Waals surface area contributed by atoms with Gasteiger partial charge in [0.2, 0.25) is 0 Å². The lowest BCUT2D eigenvalue weighted by Gasteiger charge is -2.26. The predicted molar refractivity (Wildman–Crippen MR) is 101 cm³/mol. The number of benzene rings is 1. The van der Waals surface area contributed by atoms with Gasteiger partial charge in [0.1, 0.15) is 6.61 Å². The normalized spacial score (nSPS) is 20.8. The number of ether oxygens (including phenoxy) is 1. The molecule has 3 rings (SSSR count). The quantitative estimate of drug-likeness (QED) is 0.578. The second kappa shape index (κ2) is 9.31. The van der Waals surface area contributed by atoms with Crippen LogP contribution in [0.5, 0.6) is 0 Å². The van der Waals surface area contributed by atoms with Gasteiger partial charge in [-0.15, -0.1) is 0 Å². The van der Waals surface area contributed by atoms with Crippen molar-refractivity contribution in [1.82, 2.24) is 5.32 Å². The summed E-state index contributed by atoms with van der Waals surface area (Å²) in [5, 5.41) is 4.33. The van der Waals surface area contributed by atoms with Crippen LogP contribution >= 0.6 is 11.6 Å². The lowest BCUT2D eigenvalue weighted by molar-refractivity contribution is 0.258. The summed E-state index contributed by atoms with van der Waals surface area (Å²) in [6.45, 7) is 0.477. The molecule has 0 spiro atoms. The Labute approximate surface area is 150 Å². The fourth-order valence-corrected chi connectivity index (χ4v) is 3.87. The Morgan fingerprint density at radius 3 is 2.38 bits per heavy atom. The highest BCUT2D eigenvalue weighted by Gasteiger charge is 2.18. The number of aliphatic imine (C=N–C) groups is 1. The van der Waals surface area contributed by atoms with E-state index in [0.717, 1.165) is 16.6 Å². The fraction of sp³-hybridized carbons (Fsp3) is 0.650. The largest absolute Gasteiger partial charge is 0.460 e. The standard InChI is InChI=1S/C20H29ClN2O/c21-19-14-8-7-9-16(19)15-24-20(22-17-10-3-1-4-11-17)23-18-12-5-2-6-13-18/h7-9,14,17-18H,1-6,10-13,15H2,(H,22,23). The summed E-state index contributed by atoms with van der Waals surface area (Å²) in [5.74, 6) is 0. The highest BCUT2D eigenvalue weighted by molar-refractivity contribution is 6.31. The van der Waals surface area contributed by atoms with Crippen molar-refractivity contribution in [3.05, 3.63) is 34.9 Å². The third-order valence-corrected chi connectivity index (χ3v) is 5.50. The molecule has 0 amide bonds. The molecule has 1 aromatic rings. The molecule has 3 nitrogen and oxygen atoms in total. The summed E-state index contributed by atoms with van der Waals surface area (Å²) in [4.78, 5) is 4.91. The van der Waals surface area contributed by atoms with E-state index in [4.69, 9.17) is 21.3 Å². The molecule has 2 aliphatic rings. The molecule has 0 aromatic heterocycles. The van der Waals surface area contributed by atoms with Crippen LogP contribution in [-0.4, -0.2) is 18.1 Å². The van der Waals surface area contributed by atoms with Gasteiger partial charge in [-0.05, 0) is 31.7 Å². The van der Waals surface area contributed by atoms with Crippen LogP contribution in [0.15, 0.2) is 29.3 Å². The SMILES string of the molecule is Clc1ccccc1COC(=NC1CCCCC1)NC1CCCCC1. The molecule has 0 aliphatic heterocycles. The van der Waals surface area contributed by atoms with Gasteiger partial charge in [0.15, 0.2) is 0 Å². The number of nitrogens with zero attached hydrogens (tertiary/aromatic N) is 1. The Bertz CT molecular complexity index is 534. The number of hydrogen-bond acceptors (Lipinski definition) is 2. The van der Waals surface area contributed by atoms with Gasteiger partial charge in [-0.1, -0.05) is 68.3 Å². The molecule has 2 saturated carbocycles. The van der Waals surface area contributed by atoms with Crippen LogP contribution in [-0.2, 0) is 11.3 Å². The Hall–Kier alpha value is -1.22. The van der Waals surface area contributed by atoms with Gasteiger partial charge in [0.05, 0.1) is 6.04 Å². The third-order valence-electron chi connectivity index (χ3n) is 5.13. The molecule has 4 heteroatoms. The molecule has 132 valence electrons. The summed E-state index contributed by atoms with van der Waals surface area (Å²) < 4.78 is 6.07. The first-order valence-electron chi connectivity index (χ1n) is 9.52. The maximum Gasteiger partial charge on any atom is 0.285 e. The van der Waals surface area contributed by atoms with E-state index in [9.17, 15) is 0 Å². The molecule has 1 N–H and O–H groups in total. The summed E-state index contributed by atoms with van der Waals surface area (Å²) in [6.07, 6.45) is 12.7. The van der Waals surface area contributed by atoms with Gasteiger partial charge in [-0.3, -0.25) is 0 Å². The molecule has 0 atom stereocenters. The zero-order chi connectivity index (χ0) is 16.6. The van der Waals surface area contributed by atoms with Crippen molar-refractivity contribution in [3.8, 4) is 0 Å². The average molecular weight is 349 g/mol. The van der Waals surface area contributed by atoms with Gasteiger partial charge in [-0.25, -0.2) is 4.99 Å². The van der Waals surface area contributed by atoms with Gasteiger partial charge in [-0.2, -0.15) is 0 Å². The van der Waals surface area contributed by atoms with Gasteiger partial charge in [0, 0.05) is 16.6 Å². The van der Waals surface area contributed by atoms with Gasteiger partial charge < -0.3 is 10.1 Å². The van der Waals surface area contributed by atoms with Crippen molar-refractivity contribution in [2.45, 2.75) is 82.9 Å². The summed E-state index contributed by atoms with van der Waals surface area (Å²) in [5.41, 5.74) is 1.01. The minimum Gasteiger partial charge on any atom is -0.460 e. The van der Waals surface area contributed by atoms with E-state index in [1.807, 2.05) is 24.3 Å². The first-order chi connectivity index (χ1) is 11.8. The lowest BCUT2D eigenvalue weighted by Crippen LogP contribution is -2.38. The van der Waals surface area contributed by atoms with E-state index in [0.29, 0.717) is 18.7 Å². The van der Waals surface area contributed by atoms with E-state index in [1.165, 1.54) is 64.2 Å². The number of halogens is 1. The molecule has 2 fully saturated rings. The lowest BCUT2D eigenvalue weighted by atomic mass is 9.95. The zero-order valence-electron chi connectivity index (χ0n) is 14.5. The van der Waals surface area contributed by atoms with Crippen molar-refractivity contribution in [3.63, 3.8) is 0 Å². The van der Waals surface area contributed by atoms with Crippen LogP contribution in [0.2, 0.25) is 5.02 Å². The highest BCUT2D eigenvalue weighted by atomic mass is 35.5. The molecule has 2 aliphatic carbocycles. The molecule has 24 heavy (non-hydrogen) atoms. The van der Waals surface area contributed by atoms with E-state index in [2.05, 4.69) is 5.32 Å². The zero-order valence-corrected chi connectivity index (χ0v) is 15.2. The fourth-order valence-electron chi connectivity index (χ4n) is 3.68. The second-order valence-electron chi connectivity index (χ2n) is 7.09. The van der Waals surface area contributed by atoms with E-state index < -0.39 is 0 Å². The molecule has 1 aromatic carbocycles. The second-order valence-corrected chi connectivity index (χ2v) is 7.49. The first-order valence-corrected chi connectivity index (χ1v) is 9.89. The number of rotatable bonds is 4. The highest BCUT2D eigenvalue weighted by Crippen LogP contribution is 2.22. The molecule has 0 heterocycles. The Kier molecular flexibility index (Phi) is 6.83. The summed E-state index contributed by atoms with van der Waals surface area (Å²) in [7, 11) is 0. The molecule has 0 unspecified atom stereocenters. The predicted octanol–water partition coefficient (Wildman–Crippen LogP) is 5.47. The van der Waals surface area contributed by atoms with Crippen molar-refractivity contribution in [1.29, 1.82) is 0 Å². The molecule has 0 radical (unpaired) electrons. The third kappa shape index (κ3) is 5.41. The van der Waals surface area contributed by atoms with E-state index in [-0.39, 0.29) is 0 Å². The molecular weight excluding hydrogens is 320 g/mol. The number of amidine groups is 1. The molecule has 0 saturated heterocycles. The Balaban J connectivity index is 1.63. The van der Waals surface area contributed by atoms with Crippen molar-refractivity contribution in [2.24, 2.45) is 4.99 Å². The summed E-state index contributed by atoms with van der Waals surface area (Å²) in [6, 6.07) is 9.52. The summed E-state index contributed by atoms with van der Waals surface area (Å²) >= 11 is 6.25. The molecule has 0 bridgehead atoms. The topological polar surface area (TPSA) is 33.6 Å². The van der Waals surface area contributed by atoms with Gasteiger partial charge >= 0.3 is 0 Å². The van der Waals surface area contributed by atoms with Crippen LogP contribution < -0.4 is 5.32 Å². The van der Waals surface area contributed by atoms with E-state index >= 15 is 0 Å². The van der Waals surface area contributed by atoms with Gasteiger partial charge in [0.25, 0.3) is 6.02 Å². The van der Waals surface area contributed by atoms with Crippen LogP contribution in [0.25, 0.3) is 0 Å². The van der Waals surface area contributed by atoms with Crippen LogP contribution in [0.4, 0.5) is 0 Å². The minimum atomic E-state index is 0.413. The number of nitrogens with one attached hydrogen (secondary N) is 1. The average Bonchev–Trinajstić information content (AvgIpc) is 2.62. The number of hydrogen-bond donors (Lipinski definition) is 1. The maximum atomic E-state index is 6.25.